The predicted octanol–water partition coefficient (Wildman–Crippen LogP) is 15.8. The molecule has 69 heavy (non-hydrogen) atoms. The first kappa shape index (κ1) is 38.8. The number of benzene rings is 10. The van der Waals surface area contributed by atoms with Crippen molar-refractivity contribution < 1.29 is 0 Å². The first-order valence-electron chi connectivity index (χ1n) is 23.4. The molecule has 0 saturated heterocycles. The molecule has 0 radical (unpaired) electrons. The highest BCUT2D eigenvalue weighted by molar-refractivity contribution is 6.14. The summed E-state index contributed by atoms with van der Waals surface area (Å²) < 4.78 is 7.25. The van der Waals surface area contributed by atoms with Crippen molar-refractivity contribution >= 4 is 65.4 Å². The van der Waals surface area contributed by atoms with Crippen LogP contribution in [0.3, 0.4) is 0 Å². The average Bonchev–Trinajstić information content (AvgIpc) is 4.06. The third-order valence-electron chi connectivity index (χ3n) is 13.7. The molecule has 322 valence electrons. The quantitative estimate of drug-likeness (QED) is 0.160. The Kier molecular flexibility index (Phi) is 8.79. The van der Waals surface area contributed by atoms with Crippen molar-refractivity contribution in [3.8, 4) is 62.4 Å². The van der Waals surface area contributed by atoms with Crippen LogP contribution in [0.2, 0.25) is 0 Å². The van der Waals surface area contributed by atoms with Gasteiger partial charge in [-0.1, -0.05) is 164 Å². The maximum atomic E-state index is 5.05. The van der Waals surface area contributed by atoms with E-state index in [1.54, 1.807) is 0 Å². The van der Waals surface area contributed by atoms with Gasteiger partial charge < -0.3 is 13.7 Å². The Hall–Kier alpha value is -9.39. The zero-order valence-electron chi connectivity index (χ0n) is 37.3. The summed E-state index contributed by atoms with van der Waals surface area (Å²) in [4.78, 5) is 15.0. The Morgan fingerprint density at radius 1 is 0.203 bits per heavy atom. The molecule has 0 bridgehead atoms. The van der Waals surface area contributed by atoms with Crippen LogP contribution < -0.4 is 0 Å². The van der Waals surface area contributed by atoms with E-state index in [0.29, 0.717) is 17.5 Å². The highest BCUT2D eigenvalue weighted by Gasteiger charge is 2.20. The second kappa shape index (κ2) is 15.6. The summed E-state index contributed by atoms with van der Waals surface area (Å²) in [6.07, 6.45) is 0. The summed E-state index contributed by atoms with van der Waals surface area (Å²) in [5.74, 6) is 1.91. The molecule has 0 amide bonds. The van der Waals surface area contributed by atoms with Gasteiger partial charge >= 0.3 is 0 Å². The zero-order chi connectivity index (χ0) is 45.4. The van der Waals surface area contributed by atoms with E-state index < -0.39 is 0 Å². The van der Waals surface area contributed by atoms with Crippen molar-refractivity contribution in [1.82, 2.24) is 28.7 Å². The third-order valence-corrected chi connectivity index (χ3v) is 13.7. The van der Waals surface area contributed by atoms with Gasteiger partial charge in [-0.2, -0.15) is 0 Å². The average molecular weight is 881 g/mol. The van der Waals surface area contributed by atoms with Gasteiger partial charge in [0.25, 0.3) is 0 Å². The molecule has 0 atom stereocenters. The molecule has 14 aromatic rings. The first-order valence-corrected chi connectivity index (χ1v) is 23.4. The van der Waals surface area contributed by atoms with Gasteiger partial charge in [0.05, 0.1) is 33.1 Å². The standard InChI is InChI=1S/C63H40N6/c1-3-17-41(18-4-1)61-64-62(42-19-5-2-6-20-42)66-63(65-61)45-23-15-21-43(37-45)44-22-16-24-46(38-44)67-59-35-33-47(68-55-29-11-7-25-49(55)50-26-8-12-30-56(50)68)39-53(59)54-40-48(34-36-60(54)67)69-57-31-13-9-27-51(57)52-28-10-14-32-58(52)69/h1-40H. The molecule has 0 spiro atoms. The maximum Gasteiger partial charge on any atom is 0.164 e. The van der Waals surface area contributed by atoms with Crippen molar-refractivity contribution in [2.45, 2.75) is 0 Å². The predicted molar refractivity (Wildman–Crippen MR) is 285 cm³/mol. The Morgan fingerprint density at radius 2 is 0.522 bits per heavy atom. The molecule has 4 heterocycles. The molecule has 14 rings (SSSR count). The van der Waals surface area contributed by atoms with Crippen LogP contribution in [0, 0.1) is 0 Å². The minimum Gasteiger partial charge on any atom is -0.309 e. The van der Waals surface area contributed by atoms with E-state index >= 15 is 0 Å². The second-order valence-electron chi connectivity index (χ2n) is 17.6. The van der Waals surface area contributed by atoms with Gasteiger partial charge in [-0.25, -0.2) is 15.0 Å². The summed E-state index contributed by atoms with van der Waals surface area (Å²) in [5, 5.41) is 7.33. The lowest BCUT2D eigenvalue weighted by Gasteiger charge is -2.13. The summed E-state index contributed by atoms with van der Waals surface area (Å²) in [6, 6.07) is 86.5. The molecular weight excluding hydrogens is 841 g/mol. The van der Waals surface area contributed by atoms with Crippen molar-refractivity contribution in [3.63, 3.8) is 0 Å². The fourth-order valence-corrected chi connectivity index (χ4v) is 10.6. The molecule has 0 aliphatic rings. The Bertz CT molecular complexity index is 3980. The molecule has 6 heteroatoms. The van der Waals surface area contributed by atoms with Crippen LogP contribution in [0.25, 0.3) is 128 Å². The van der Waals surface area contributed by atoms with E-state index in [1.807, 2.05) is 60.7 Å². The molecule has 0 saturated carbocycles. The monoisotopic (exact) mass is 880 g/mol. The summed E-state index contributed by atoms with van der Waals surface area (Å²) in [7, 11) is 0. The zero-order valence-corrected chi connectivity index (χ0v) is 37.3. The van der Waals surface area contributed by atoms with Crippen molar-refractivity contribution in [2.75, 3.05) is 0 Å². The van der Waals surface area contributed by atoms with Crippen LogP contribution in [-0.2, 0) is 0 Å². The van der Waals surface area contributed by atoms with Gasteiger partial charge in [-0.3, -0.25) is 0 Å². The van der Waals surface area contributed by atoms with Crippen LogP contribution in [-0.4, -0.2) is 28.7 Å². The van der Waals surface area contributed by atoms with E-state index in [0.717, 1.165) is 55.9 Å². The largest absolute Gasteiger partial charge is 0.309 e. The molecule has 0 unspecified atom stereocenters. The number of rotatable bonds is 7. The van der Waals surface area contributed by atoms with Gasteiger partial charge in [0.15, 0.2) is 17.5 Å². The molecule has 0 N–H and O–H groups in total. The number of hydrogen-bond donors (Lipinski definition) is 0. The lowest BCUT2D eigenvalue weighted by atomic mass is 10.0. The topological polar surface area (TPSA) is 53.5 Å². The van der Waals surface area contributed by atoms with E-state index in [9.17, 15) is 0 Å². The molecule has 0 fully saturated rings. The molecule has 4 aromatic heterocycles. The van der Waals surface area contributed by atoms with Crippen LogP contribution >= 0.6 is 0 Å². The Labute approximate surface area is 397 Å². The number of aromatic nitrogens is 6. The second-order valence-corrected chi connectivity index (χ2v) is 17.6. The molecule has 10 aromatic carbocycles. The summed E-state index contributed by atoms with van der Waals surface area (Å²) >= 11 is 0. The lowest BCUT2D eigenvalue weighted by molar-refractivity contribution is 1.07. The van der Waals surface area contributed by atoms with Crippen LogP contribution in [0.5, 0.6) is 0 Å². The highest BCUT2D eigenvalue weighted by atomic mass is 15.0. The molecule has 0 aliphatic carbocycles. The number of hydrogen-bond acceptors (Lipinski definition) is 3. The van der Waals surface area contributed by atoms with Gasteiger partial charge in [-0.05, 0) is 90.0 Å². The first-order chi connectivity index (χ1) is 34.2. The summed E-state index contributed by atoms with van der Waals surface area (Å²) in [5.41, 5.74) is 15.3. The number of para-hydroxylation sites is 4. The minimum absolute atomic E-state index is 0.626. The van der Waals surface area contributed by atoms with E-state index in [4.69, 9.17) is 15.0 Å². The van der Waals surface area contributed by atoms with Gasteiger partial charge in [-0.15, -0.1) is 0 Å². The highest BCUT2D eigenvalue weighted by Crippen LogP contribution is 2.40. The fraction of sp³-hybridized carbons (Fsp3) is 0. The van der Waals surface area contributed by atoms with E-state index in [-0.39, 0.29) is 0 Å². The molecular formula is C63H40N6. The van der Waals surface area contributed by atoms with Crippen LogP contribution in [0.15, 0.2) is 243 Å². The minimum atomic E-state index is 0.626. The van der Waals surface area contributed by atoms with Crippen molar-refractivity contribution in [2.24, 2.45) is 0 Å². The third kappa shape index (κ3) is 6.30. The van der Waals surface area contributed by atoms with Gasteiger partial charge in [0.1, 0.15) is 0 Å². The molecule has 6 nitrogen and oxygen atoms in total. The Morgan fingerprint density at radius 3 is 0.971 bits per heavy atom. The van der Waals surface area contributed by atoms with Gasteiger partial charge in [0, 0.05) is 66.1 Å². The fourth-order valence-electron chi connectivity index (χ4n) is 10.6. The number of fused-ring (bicyclic) bond motifs is 9. The van der Waals surface area contributed by atoms with E-state index in [2.05, 4.69) is 196 Å². The maximum absolute atomic E-state index is 5.05. The van der Waals surface area contributed by atoms with E-state index in [1.165, 1.54) is 54.4 Å². The summed E-state index contributed by atoms with van der Waals surface area (Å²) in [6.45, 7) is 0. The number of nitrogens with zero attached hydrogens (tertiary/aromatic N) is 6. The van der Waals surface area contributed by atoms with Crippen LogP contribution in [0.4, 0.5) is 0 Å². The van der Waals surface area contributed by atoms with Crippen LogP contribution in [0.1, 0.15) is 0 Å². The Balaban J connectivity index is 0.952. The SMILES string of the molecule is c1ccc(-c2nc(-c3ccccc3)nc(-c3cccc(-c4cccc(-n5c6ccc(-n7c8ccccc8c8ccccc87)cc6c6cc(-n7c8ccccc8c8ccccc87)ccc65)c4)c3)n2)cc1. The van der Waals surface area contributed by atoms with Gasteiger partial charge in [0.2, 0.25) is 0 Å². The normalized spacial score (nSPS) is 11.8. The van der Waals surface area contributed by atoms with Crippen molar-refractivity contribution in [1.29, 1.82) is 0 Å². The van der Waals surface area contributed by atoms with Crippen molar-refractivity contribution in [3.05, 3.63) is 243 Å². The smallest absolute Gasteiger partial charge is 0.164 e. The molecule has 0 aliphatic heterocycles. The lowest BCUT2D eigenvalue weighted by Crippen LogP contribution is -2.00.